The van der Waals surface area contributed by atoms with Gasteiger partial charge in [-0.15, -0.1) is 0 Å². The van der Waals surface area contributed by atoms with Gasteiger partial charge in [0.25, 0.3) is 5.91 Å². The quantitative estimate of drug-likeness (QED) is 0.568. The molecule has 8 nitrogen and oxygen atoms in total. The van der Waals surface area contributed by atoms with Crippen LogP contribution in [0.2, 0.25) is 0 Å². The number of hydrogen-bond donors (Lipinski definition) is 1. The van der Waals surface area contributed by atoms with Crippen LogP contribution in [0.1, 0.15) is 25.5 Å². The van der Waals surface area contributed by atoms with E-state index in [1.165, 1.54) is 25.4 Å². The minimum Gasteiger partial charge on any atom is -0.503 e. The van der Waals surface area contributed by atoms with Gasteiger partial charge in [-0.05, 0) is 24.3 Å². The summed E-state index contributed by atoms with van der Waals surface area (Å²) >= 11 is 0. The number of anilines is 1. The van der Waals surface area contributed by atoms with Gasteiger partial charge in [-0.2, -0.15) is 0 Å². The molecular weight excluding hydrogens is 424 g/mol. The Morgan fingerprint density at radius 3 is 2.21 bits per heavy atom. The zero-order valence-electron chi connectivity index (χ0n) is 18.7. The Bertz CT molecular complexity index is 1190. The summed E-state index contributed by atoms with van der Waals surface area (Å²) in [6.07, 6.45) is 1.48. The van der Waals surface area contributed by atoms with Gasteiger partial charge in [0.05, 0.1) is 25.4 Å². The summed E-state index contributed by atoms with van der Waals surface area (Å²) in [5, 5.41) is 14.8. The highest BCUT2D eigenvalue weighted by Gasteiger charge is 2.47. The summed E-state index contributed by atoms with van der Waals surface area (Å²) < 4.78 is 16.0. The van der Waals surface area contributed by atoms with E-state index >= 15 is 0 Å². The highest BCUT2D eigenvalue weighted by Crippen LogP contribution is 2.48. The van der Waals surface area contributed by atoms with Crippen LogP contribution in [0.25, 0.3) is 11.3 Å². The minimum atomic E-state index is -0.934. The molecule has 0 bridgehead atoms. The van der Waals surface area contributed by atoms with Gasteiger partial charge in [-0.3, -0.25) is 14.5 Å². The molecule has 1 N–H and O–H groups in total. The normalized spacial score (nSPS) is 16.0. The van der Waals surface area contributed by atoms with Crippen molar-refractivity contribution in [2.24, 2.45) is 5.92 Å². The van der Waals surface area contributed by atoms with E-state index in [1.807, 2.05) is 0 Å². The Labute approximate surface area is 191 Å². The van der Waals surface area contributed by atoms with Crippen LogP contribution in [0.4, 0.5) is 5.69 Å². The van der Waals surface area contributed by atoms with Gasteiger partial charge < -0.3 is 19.1 Å². The summed E-state index contributed by atoms with van der Waals surface area (Å²) in [5.74, 6) is -1.16. The third-order valence-corrected chi connectivity index (χ3v) is 5.62. The van der Waals surface area contributed by atoms with Crippen molar-refractivity contribution in [3.63, 3.8) is 0 Å². The first kappa shape index (κ1) is 22.1. The number of carbonyl (C=O) groups is 2. The van der Waals surface area contributed by atoms with Crippen molar-refractivity contribution in [3.05, 3.63) is 71.7 Å². The Morgan fingerprint density at radius 2 is 1.70 bits per heavy atom. The van der Waals surface area contributed by atoms with Crippen molar-refractivity contribution < 1.29 is 28.7 Å². The predicted octanol–water partition coefficient (Wildman–Crippen LogP) is 4.48. The number of aromatic nitrogens is 1. The molecule has 1 unspecified atom stereocenters. The first-order valence-electron chi connectivity index (χ1n) is 10.4. The highest BCUT2D eigenvalue weighted by molar-refractivity contribution is 6.17. The number of Topliss-reactive ketones (excluding diaryl/α,β-unsaturated/α-hetero) is 1. The van der Waals surface area contributed by atoms with E-state index in [0.717, 1.165) is 5.56 Å². The van der Waals surface area contributed by atoms with Gasteiger partial charge in [0, 0.05) is 23.2 Å². The maximum absolute atomic E-state index is 13.3. The number of ether oxygens (including phenoxy) is 2. The van der Waals surface area contributed by atoms with Crippen LogP contribution in [0, 0.1) is 5.92 Å². The van der Waals surface area contributed by atoms with Gasteiger partial charge in [-0.1, -0.05) is 37.2 Å². The maximum atomic E-state index is 13.3. The fourth-order valence-corrected chi connectivity index (χ4v) is 4.01. The fourth-order valence-electron chi connectivity index (χ4n) is 4.01. The van der Waals surface area contributed by atoms with Gasteiger partial charge >= 0.3 is 0 Å². The van der Waals surface area contributed by atoms with E-state index < -0.39 is 23.6 Å². The zero-order valence-corrected chi connectivity index (χ0v) is 18.7. The number of hydrogen-bond acceptors (Lipinski definition) is 7. The SMILES string of the molecule is COc1cccc(OC)c1C1C(C(=O)C(C)C)=C(O)C(=O)N1c1ccc(-c2ccon2)cc1. The zero-order chi connectivity index (χ0) is 23.7. The molecule has 1 aliphatic heterocycles. The summed E-state index contributed by atoms with van der Waals surface area (Å²) in [6.45, 7) is 3.44. The molecule has 1 aromatic heterocycles. The molecule has 4 rings (SSSR count). The van der Waals surface area contributed by atoms with Crippen LogP contribution in [0.5, 0.6) is 11.5 Å². The molecule has 0 saturated heterocycles. The van der Waals surface area contributed by atoms with E-state index in [9.17, 15) is 14.7 Å². The highest BCUT2D eigenvalue weighted by atomic mass is 16.5. The summed E-state index contributed by atoms with van der Waals surface area (Å²) in [4.78, 5) is 27.9. The number of benzene rings is 2. The number of rotatable bonds is 7. The third-order valence-electron chi connectivity index (χ3n) is 5.62. The van der Waals surface area contributed by atoms with E-state index in [1.54, 1.807) is 62.4 Å². The number of amides is 1. The first-order valence-corrected chi connectivity index (χ1v) is 10.4. The molecule has 0 saturated carbocycles. The Hall–Kier alpha value is -4.07. The molecule has 33 heavy (non-hydrogen) atoms. The van der Waals surface area contributed by atoms with E-state index in [0.29, 0.717) is 28.4 Å². The molecule has 1 atom stereocenters. The standard InChI is InChI=1S/C25H24N2O6/c1-14(2)23(28)21-22(20-18(31-3)6-5-7-19(20)32-4)27(25(30)24(21)29)16-10-8-15(9-11-16)17-12-13-33-26-17/h5-14,22,29H,1-4H3. The molecule has 1 aliphatic rings. The van der Waals surface area contributed by atoms with Crippen LogP contribution in [-0.4, -0.2) is 36.2 Å². The van der Waals surface area contributed by atoms with Crippen LogP contribution < -0.4 is 14.4 Å². The monoisotopic (exact) mass is 448 g/mol. The van der Waals surface area contributed by atoms with E-state index in [-0.39, 0.29) is 11.4 Å². The Balaban J connectivity index is 1.90. The molecular formula is C25H24N2O6. The van der Waals surface area contributed by atoms with Crippen molar-refractivity contribution in [3.8, 4) is 22.8 Å². The number of nitrogens with zero attached hydrogens (tertiary/aromatic N) is 2. The van der Waals surface area contributed by atoms with Gasteiger partial charge in [0.15, 0.2) is 11.5 Å². The van der Waals surface area contributed by atoms with Crippen LogP contribution in [0.3, 0.4) is 0 Å². The van der Waals surface area contributed by atoms with Crippen LogP contribution in [-0.2, 0) is 9.59 Å². The van der Waals surface area contributed by atoms with E-state index in [4.69, 9.17) is 14.0 Å². The van der Waals surface area contributed by atoms with Crippen molar-refractivity contribution in [1.29, 1.82) is 0 Å². The number of aliphatic hydroxyl groups is 1. The Kier molecular flexibility index (Phi) is 5.91. The number of methoxy groups -OCH3 is 2. The number of aliphatic hydroxyl groups excluding tert-OH is 1. The van der Waals surface area contributed by atoms with Gasteiger partial charge in [0.2, 0.25) is 0 Å². The lowest BCUT2D eigenvalue weighted by Crippen LogP contribution is -2.32. The predicted molar refractivity (Wildman–Crippen MR) is 121 cm³/mol. The molecule has 170 valence electrons. The molecule has 0 aliphatic carbocycles. The average Bonchev–Trinajstić information content (AvgIpc) is 3.45. The van der Waals surface area contributed by atoms with Crippen molar-refractivity contribution in [2.75, 3.05) is 19.1 Å². The van der Waals surface area contributed by atoms with Gasteiger partial charge in [-0.25, -0.2) is 0 Å². The average molecular weight is 448 g/mol. The fraction of sp³-hybridized carbons (Fsp3) is 0.240. The largest absolute Gasteiger partial charge is 0.503 e. The lowest BCUT2D eigenvalue weighted by Gasteiger charge is -2.29. The smallest absolute Gasteiger partial charge is 0.294 e. The molecule has 2 aromatic carbocycles. The van der Waals surface area contributed by atoms with Crippen LogP contribution >= 0.6 is 0 Å². The number of ketones is 1. The first-order chi connectivity index (χ1) is 15.9. The summed E-state index contributed by atoms with van der Waals surface area (Å²) in [7, 11) is 3.00. The lowest BCUT2D eigenvalue weighted by molar-refractivity contribution is -0.119. The molecule has 0 radical (unpaired) electrons. The van der Waals surface area contributed by atoms with Gasteiger partial charge in [0.1, 0.15) is 29.5 Å². The third kappa shape index (κ3) is 3.73. The summed E-state index contributed by atoms with van der Waals surface area (Å²) in [6, 6.07) is 13.0. The molecule has 8 heteroatoms. The van der Waals surface area contributed by atoms with E-state index in [2.05, 4.69) is 5.16 Å². The molecule has 3 aromatic rings. The second-order valence-corrected chi connectivity index (χ2v) is 7.87. The topological polar surface area (TPSA) is 102 Å². The van der Waals surface area contributed by atoms with Crippen molar-refractivity contribution in [1.82, 2.24) is 5.16 Å². The Morgan fingerprint density at radius 1 is 1.06 bits per heavy atom. The second kappa shape index (κ2) is 8.82. The molecule has 0 spiro atoms. The summed E-state index contributed by atoms with van der Waals surface area (Å²) in [5.41, 5.74) is 2.42. The maximum Gasteiger partial charge on any atom is 0.294 e. The van der Waals surface area contributed by atoms with Crippen molar-refractivity contribution in [2.45, 2.75) is 19.9 Å². The molecule has 0 fully saturated rings. The van der Waals surface area contributed by atoms with Crippen molar-refractivity contribution >= 4 is 17.4 Å². The lowest BCUT2D eigenvalue weighted by atomic mass is 9.90. The molecule has 1 amide bonds. The molecule has 2 heterocycles. The minimum absolute atomic E-state index is 0.0124. The second-order valence-electron chi connectivity index (χ2n) is 7.87. The number of carbonyl (C=O) groups excluding carboxylic acids is 2. The van der Waals surface area contributed by atoms with Crippen LogP contribution in [0.15, 0.2) is 70.6 Å².